The van der Waals surface area contributed by atoms with Crippen LogP contribution >= 0.6 is 0 Å². The van der Waals surface area contributed by atoms with Crippen LogP contribution in [0.5, 0.6) is 0 Å². The van der Waals surface area contributed by atoms with Crippen molar-refractivity contribution < 1.29 is 14.9 Å². The molecule has 0 bridgehead atoms. The Morgan fingerprint density at radius 3 is 3.06 bits per heavy atom. The summed E-state index contributed by atoms with van der Waals surface area (Å²) in [6.07, 6.45) is 0.310. The van der Waals surface area contributed by atoms with Crippen LogP contribution in [0.2, 0.25) is 0 Å². The molecule has 1 saturated heterocycles. The van der Waals surface area contributed by atoms with Gasteiger partial charge >= 0.3 is 0 Å². The van der Waals surface area contributed by atoms with Crippen molar-refractivity contribution in [1.82, 2.24) is 20.3 Å². The van der Waals surface area contributed by atoms with Crippen LogP contribution in [0.1, 0.15) is 5.69 Å². The summed E-state index contributed by atoms with van der Waals surface area (Å²) in [5.74, 6) is 0. The van der Waals surface area contributed by atoms with E-state index in [0.29, 0.717) is 19.7 Å². The summed E-state index contributed by atoms with van der Waals surface area (Å²) < 4.78 is 6.56. The second-order valence-electron chi connectivity index (χ2n) is 3.94. The first-order valence-corrected chi connectivity index (χ1v) is 5.18. The highest BCUT2D eigenvalue weighted by atomic mass is 16.5. The zero-order chi connectivity index (χ0) is 11.5. The minimum atomic E-state index is -0.755. The molecule has 7 nitrogen and oxygen atoms in total. The Morgan fingerprint density at radius 2 is 2.44 bits per heavy atom. The smallest absolute Gasteiger partial charge is 0.108 e. The average Bonchev–Trinajstić information content (AvgIpc) is 2.82. The second-order valence-corrected chi connectivity index (χ2v) is 3.94. The molecule has 1 aromatic rings. The van der Waals surface area contributed by atoms with Crippen LogP contribution in [-0.2, 0) is 17.9 Å². The number of aliphatic hydroxyl groups is 2. The minimum Gasteiger partial charge on any atom is -0.389 e. The monoisotopic (exact) mass is 228 g/mol. The van der Waals surface area contributed by atoms with E-state index < -0.39 is 12.2 Å². The van der Waals surface area contributed by atoms with Crippen LogP contribution in [0, 0.1) is 0 Å². The van der Waals surface area contributed by atoms with Gasteiger partial charge in [0.2, 0.25) is 0 Å². The number of β-amino-alcohol motifs (C(OH)–C–C–N with tert-alkyl or cyclic N) is 1. The molecular weight excluding hydrogens is 212 g/mol. The summed E-state index contributed by atoms with van der Waals surface area (Å²) >= 11 is 0. The van der Waals surface area contributed by atoms with Crippen molar-refractivity contribution in [2.75, 3.05) is 13.7 Å². The molecule has 90 valence electrons. The van der Waals surface area contributed by atoms with Gasteiger partial charge < -0.3 is 20.3 Å². The Balaban J connectivity index is 1.93. The lowest BCUT2D eigenvalue weighted by molar-refractivity contribution is 0.0372. The summed E-state index contributed by atoms with van der Waals surface area (Å²) in [4.78, 5) is 0. The lowest BCUT2D eigenvalue weighted by Crippen LogP contribution is -2.36. The van der Waals surface area contributed by atoms with Gasteiger partial charge in [-0.2, -0.15) is 0 Å². The van der Waals surface area contributed by atoms with Crippen LogP contribution in [0.4, 0.5) is 0 Å². The van der Waals surface area contributed by atoms with E-state index in [1.807, 2.05) is 0 Å². The molecule has 1 aliphatic heterocycles. The van der Waals surface area contributed by atoms with E-state index in [0.717, 1.165) is 5.69 Å². The fraction of sp³-hybridized carbons (Fsp3) is 0.778. The predicted molar refractivity (Wildman–Crippen MR) is 54.5 cm³/mol. The highest BCUT2D eigenvalue weighted by molar-refractivity contribution is 4.94. The van der Waals surface area contributed by atoms with Gasteiger partial charge in [0, 0.05) is 13.7 Å². The van der Waals surface area contributed by atoms with E-state index in [4.69, 9.17) is 4.74 Å². The molecule has 3 atom stereocenters. The number of nitrogens with zero attached hydrogens (tertiary/aromatic N) is 3. The molecule has 7 heteroatoms. The normalized spacial score (nSPS) is 29.8. The topological polar surface area (TPSA) is 92.4 Å². The standard InChI is InChI=1S/C9H16N4O3/c1-16-5-6-3-13(12-11-6)4-7-9(15)8(14)2-10-7/h3,7-10,14-15H,2,4-5H2,1H3/t7-,8+,9-/m0/s1. The Morgan fingerprint density at radius 1 is 1.62 bits per heavy atom. The van der Waals surface area contributed by atoms with Crippen molar-refractivity contribution >= 4 is 0 Å². The first kappa shape index (κ1) is 11.5. The third-order valence-corrected chi connectivity index (χ3v) is 2.66. The molecule has 16 heavy (non-hydrogen) atoms. The summed E-state index contributed by atoms with van der Waals surface area (Å²) in [7, 11) is 1.59. The maximum absolute atomic E-state index is 9.63. The molecule has 0 unspecified atom stereocenters. The molecule has 0 aromatic carbocycles. The summed E-state index contributed by atoms with van der Waals surface area (Å²) in [5.41, 5.74) is 0.746. The third-order valence-electron chi connectivity index (χ3n) is 2.66. The van der Waals surface area contributed by atoms with Crippen LogP contribution in [-0.4, -0.2) is 57.1 Å². The third kappa shape index (κ3) is 2.38. The highest BCUT2D eigenvalue weighted by Crippen LogP contribution is 2.09. The Hall–Kier alpha value is -1.02. The van der Waals surface area contributed by atoms with E-state index in [1.165, 1.54) is 0 Å². The first-order valence-electron chi connectivity index (χ1n) is 5.18. The maximum atomic E-state index is 9.63. The Kier molecular flexibility index (Phi) is 3.49. The fourth-order valence-electron chi connectivity index (χ4n) is 1.80. The molecule has 3 N–H and O–H groups in total. The predicted octanol–water partition coefficient (Wildman–Crippen LogP) is -1.88. The number of aromatic nitrogens is 3. The number of rotatable bonds is 4. The van der Waals surface area contributed by atoms with E-state index in [-0.39, 0.29) is 6.04 Å². The Bertz CT molecular complexity index is 343. The largest absolute Gasteiger partial charge is 0.389 e. The number of hydrogen-bond donors (Lipinski definition) is 3. The molecule has 0 spiro atoms. The van der Waals surface area contributed by atoms with Gasteiger partial charge in [-0.15, -0.1) is 5.10 Å². The fourth-order valence-corrected chi connectivity index (χ4v) is 1.80. The van der Waals surface area contributed by atoms with Gasteiger partial charge in [-0.1, -0.05) is 5.21 Å². The van der Waals surface area contributed by atoms with Gasteiger partial charge in [-0.05, 0) is 0 Å². The van der Waals surface area contributed by atoms with Crippen molar-refractivity contribution in [2.45, 2.75) is 31.4 Å². The molecule has 0 saturated carbocycles. The molecule has 0 aliphatic carbocycles. The number of nitrogens with one attached hydrogen (secondary N) is 1. The highest BCUT2D eigenvalue weighted by Gasteiger charge is 2.33. The molecule has 0 radical (unpaired) electrons. The summed E-state index contributed by atoms with van der Waals surface area (Å²) in [6, 6.07) is -0.188. The molecule has 1 aliphatic rings. The zero-order valence-electron chi connectivity index (χ0n) is 9.08. The molecule has 1 aromatic heterocycles. The van der Waals surface area contributed by atoms with E-state index >= 15 is 0 Å². The van der Waals surface area contributed by atoms with E-state index in [2.05, 4.69) is 15.6 Å². The average molecular weight is 228 g/mol. The first-order chi connectivity index (χ1) is 7.70. The van der Waals surface area contributed by atoms with Crippen molar-refractivity contribution in [1.29, 1.82) is 0 Å². The lowest BCUT2D eigenvalue weighted by atomic mass is 10.1. The Labute approximate surface area is 93.0 Å². The minimum absolute atomic E-state index is 0.188. The maximum Gasteiger partial charge on any atom is 0.108 e. The van der Waals surface area contributed by atoms with Crippen molar-refractivity contribution in [3.8, 4) is 0 Å². The second kappa shape index (κ2) is 4.88. The van der Waals surface area contributed by atoms with Gasteiger partial charge in [-0.25, -0.2) is 0 Å². The van der Waals surface area contributed by atoms with Gasteiger partial charge in [0.15, 0.2) is 0 Å². The van der Waals surface area contributed by atoms with E-state index in [9.17, 15) is 10.2 Å². The van der Waals surface area contributed by atoms with Gasteiger partial charge in [0.05, 0.1) is 37.6 Å². The number of ether oxygens (including phenoxy) is 1. The lowest BCUT2D eigenvalue weighted by Gasteiger charge is -2.15. The van der Waals surface area contributed by atoms with Gasteiger partial charge in [0.25, 0.3) is 0 Å². The molecular formula is C9H16N4O3. The van der Waals surface area contributed by atoms with E-state index in [1.54, 1.807) is 18.0 Å². The van der Waals surface area contributed by atoms with Crippen molar-refractivity contribution in [2.24, 2.45) is 0 Å². The number of aliphatic hydroxyl groups excluding tert-OH is 2. The molecule has 2 heterocycles. The zero-order valence-corrected chi connectivity index (χ0v) is 9.08. The number of methoxy groups -OCH3 is 1. The summed E-state index contributed by atoms with van der Waals surface area (Å²) in [6.45, 7) is 1.31. The van der Waals surface area contributed by atoms with Gasteiger partial charge in [-0.3, -0.25) is 4.68 Å². The molecule has 2 rings (SSSR count). The SMILES string of the molecule is COCc1cn(C[C@@H]2NC[C@@H](O)[C@H]2O)nn1. The van der Waals surface area contributed by atoms with Gasteiger partial charge in [0.1, 0.15) is 5.69 Å². The van der Waals surface area contributed by atoms with Crippen LogP contribution in [0.25, 0.3) is 0 Å². The molecule has 0 amide bonds. The van der Waals surface area contributed by atoms with Crippen molar-refractivity contribution in [3.05, 3.63) is 11.9 Å². The number of hydrogen-bond acceptors (Lipinski definition) is 6. The summed E-state index contributed by atoms with van der Waals surface area (Å²) in [5, 5.41) is 29.8. The quantitative estimate of drug-likeness (QED) is 0.558. The van der Waals surface area contributed by atoms with Crippen LogP contribution in [0.15, 0.2) is 6.20 Å². The van der Waals surface area contributed by atoms with Crippen LogP contribution < -0.4 is 5.32 Å². The van der Waals surface area contributed by atoms with Crippen LogP contribution in [0.3, 0.4) is 0 Å². The molecule has 1 fully saturated rings. The van der Waals surface area contributed by atoms with Crippen molar-refractivity contribution in [3.63, 3.8) is 0 Å².